The molecule has 1 aliphatic heterocycles. The summed E-state index contributed by atoms with van der Waals surface area (Å²) in [5.41, 5.74) is -0.426. The van der Waals surface area contributed by atoms with Crippen LogP contribution in [0.5, 0.6) is 5.75 Å². The molecule has 0 aliphatic carbocycles. The second kappa shape index (κ2) is 7.62. The van der Waals surface area contributed by atoms with Gasteiger partial charge in [0.05, 0.1) is 29.2 Å². The summed E-state index contributed by atoms with van der Waals surface area (Å²) in [6.45, 7) is 3.07. The van der Waals surface area contributed by atoms with Gasteiger partial charge in [0.2, 0.25) is 10.0 Å². The second-order valence-corrected chi connectivity index (χ2v) is 9.77. The highest BCUT2D eigenvalue weighted by atomic mass is 32.2. The van der Waals surface area contributed by atoms with Crippen molar-refractivity contribution < 1.29 is 31.1 Å². The van der Waals surface area contributed by atoms with Crippen LogP contribution in [-0.4, -0.2) is 59.5 Å². The maximum absolute atomic E-state index is 13.8. The van der Waals surface area contributed by atoms with Crippen LogP contribution >= 0.6 is 0 Å². The summed E-state index contributed by atoms with van der Waals surface area (Å²) in [6, 6.07) is 6.63. The minimum absolute atomic E-state index is 0.0886. The van der Waals surface area contributed by atoms with E-state index in [1.54, 1.807) is 18.2 Å². The van der Waals surface area contributed by atoms with Crippen LogP contribution in [0, 0.1) is 5.82 Å². The number of hydrogen-bond acceptors (Lipinski definition) is 5. The van der Waals surface area contributed by atoms with Crippen LogP contribution in [0.2, 0.25) is 0 Å². The molecule has 1 saturated heterocycles. The van der Waals surface area contributed by atoms with E-state index < -0.39 is 33.3 Å². The lowest BCUT2D eigenvalue weighted by Gasteiger charge is -2.40. The predicted octanol–water partition coefficient (Wildman–Crippen LogP) is 3.36. The molecule has 0 spiro atoms. The zero-order valence-corrected chi connectivity index (χ0v) is 18.0. The molecule has 0 radical (unpaired) electrons. The van der Waals surface area contributed by atoms with Crippen LogP contribution < -0.4 is 4.90 Å². The van der Waals surface area contributed by atoms with Crippen molar-refractivity contribution in [2.45, 2.75) is 19.1 Å². The Morgan fingerprint density at radius 2 is 1.84 bits per heavy atom. The summed E-state index contributed by atoms with van der Waals surface area (Å²) in [5, 5.41) is 14.4. The third-order valence-corrected chi connectivity index (χ3v) is 6.80. The van der Waals surface area contributed by atoms with Crippen LogP contribution in [-0.2, 0) is 16.2 Å². The SMILES string of the molecule is CC1CN(S(C)(=O)=O)CCN1c1ccc2c(cnn2-c2cc(O)c(F)c(C(F)(F)F)c2)c1. The Hall–Kier alpha value is -2.86. The predicted molar refractivity (Wildman–Crippen MR) is 111 cm³/mol. The molecule has 1 aromatic heterocycles. The van der Waals surface area contributed by atoms with E-state index in [0.29, 0.717) is 36.6 Å². The molecule has 0 saturated carbocycles. The number of sulfonamides is 1. The van der Waals surface area contributed by atoms with Crippen LogP contribution in [0.25, 0.3) is 16.6 Å². The Kier molecular flexibility index (Phi) is 5.32. The highest BCUT2D eigenvalue weighted by Crippen LogP contribution is 2.37. The van der Waals surface area contributed by atoms with Crippen LogP contribution in [0.1, 0.15) is 12.5 Å². The zero-order valence-electron chi connectivity index (χ0n) is 17.1. The molecule has 3 aromatic rings. The van der Waals surface area contributed by atoms with Crippen molar-refractivity contribution in [3.05, 3.63) is 47.9 Å². The van der Waals surface area contributed by atoms with E-state index in [1.807, 2.05) is 11.8 Å². The van der Waals surface area contributed by atoms with Gasteiger partial charge in [-0.25, -0.2) is 17.5 Å². The first kappa shape index (κ1) is 22.3. The van der Waals surface area contributed by atoms with E-state index >= 15 is 0 Å². The van der Waals surface area contributed by atoms with Gasteiger partial charge in [0.15, 0.2) is 11.6 Å². The van der Waals surface area contributed by atoms with Gasteiger partial charge in [-0.2, -0.15) is 22.6 Å². The maximum atomic E-state index is 13.8. The van der Waals surface area contributed by atoms with Gasteiger partial charge in [0.25, 0.3) is 0 Å². The fourth-order valence-electron chi connectivity index (χ4n) is 3.94. The number of phenols is 1. The molecule has 1 unspecified atom stereocenters. The van der Waals surface area contributed by atoms with Gasteiger partial charge < -0.3 is 10.0 Å². The quantitative estimate of drug-likeness (QED) is 0.592. The van der Waals surface area contributed by atoms with Gasteiger partial charge in [-0.1, -0.05) is 0 Å². The van der Waals surface area contributed by atoms with Gasteiger partial charge in [0.1, 0.15) is 0 Å². The molecule has 1 aliphatic rings. The lowest BCUT2D eigenvalue weighted by Crippen LogP contribution is -2.53. The molecule has 12 heteroatoms. The first-order chi connectivity index (χ1) is 14.9. The summed E-state index contributed by atoms with van der Waals surface area (Å²) in [4.78, 5) is 2.05. The number of fused-ring (bicyclic) bond motifs is 1. The van der Waals surface area contributed by atoms with Crippen LogP contribution in [0.3, 0.4) is 0 Å². The highest BCUT2D eigenvalue weighted by Gasteiger charge is 2.36. The minimum atomic E-state index is -4.97. The van der Waals surface area contributed by atoms with Gasteiger partial charge in [0, 0.05) is 42.8 Å². The van der Waals surface area contributed by atoms with Crippen LogP contribution in [0.4, 0.5) is 23.2 Å². The summed E-state index contributed by atoms with van der Waals surface area (Å²) < 4.78 is 79.4. The number of aromatic hydroxyl groups is 1. The van der Waals surface area contributed by atoms with Gasteiger partial charge >= 0.3 is 6.18 Å². The van der Waals surface area contributed by atoms with Crippen LogP contribution in [0.15, 0.2) is 36.5 Å². The third-order valence-electron chi connectivity index (χ3n) is 5.53. The van der Waals surface area contributed by atoms with Crippen molar-refractivity contribution in [3.63, 3.8) is 0 Å². The minimum Gasteiger partial charge on any atom is -0.505 e. The standard InChI is InChI=1S/C20H20F4N4O3S/c1-12-11-26(32(2,30)31)5-6-27(12)14-3-4-17-13(7-14)10-25-28(17)15-8-16(20(22,23)24)19(21)18(29)9-15/h3-4,7-10,12,29H,5-6,11H2,1-2H3. The van der Waals surface area contributed by atoms with Gasteiger partial charge in [-0.05, 0) is 31.2 Å². The van der Waals surface area contributed by atoms with Crippen molar-refractivity contribution >= 4 is 26.6 Å². The Labute approximate surface area is 181 Å². The number of halogens is 4. The normalized spacial score (nSPS) is 18.4. The Morgan fingerprint density at radius 1 is 1.12 bits per heavy atom. The number of rotatable bonds is 3. The zero-order chi connectivity index (χ0) is 23.4. The fraction of sp³-hybridized carbons (Fsp3) is 0.350. The van der Waals surface area contributed by atoms with E-state index in [1.165, 1.54) is 21.4 Å². The van der Waals surface area contributed by atoms with E-state index in [-0.39, 0.29) is 11.7 Å². The van der Waals surface area contributed by atoms with Crippen molar-refractivity contribution in [3.8, 4) is 11.4 Å². The molecule has 0 bridgehead atoms. The summed E-state index contributed by atoms with van der Waals surface area (Å²) in [7, 11) is -3.28. The number of phenolic OH excluding ortho intramolecular Hbond substituents is 1. The lowest BCUT2D eigenvalue weighted by atomic mass is 10.1. The molecule has 1 N–H and O–H groups in total. The average molecular weight is 472 g/mol. The highest BCUT2D eigenvalue weighted by molar-refractivity contribution is 7.88. The summed E-state index contributed by atoms with van der Waals surface area (Å²) in [5.74, 6) is -2.85. The molecule has 1 atom stereocenters. The molecule has 32 heavy (non-hydrogen) atoms. The first-order valence-electron chi connectivity index (χ1n) is 9.66. The summed E-state index contributed by atoms with van der Waals surface area (Å²) >= 11 is 0. The Bertz CT molecular complexity index is 1290. The smallest absolute Gasteiger partial charge is 0.419 e. The molecule has 7 nitrogen and oxygen atoms in total. The van der Waals surface area contributed by atoms with E-state index in [0.717, 1.165) is 11.8 Å². The third kappa shape index (κ3) is 3.99. The van der Waals surface area contributed by atoms with Crippen molar-refractivity contribution in [2.75, 3.05) is 30.8 Å². The van der Waals surface area contributed by atoms with E-state index in [2.05, 4.69) is 5.10 Å². The molecule has 0 amide bonds. The number of piperazine rings is 1. The molecular weight excluding hydrogens is 452 g/mol. The maximum Gasteiger partial charge on any atom is 0.419 e. The lowest BCUT2D eigenvalue weighted by molar-refractivity contribution is -0.140. The van der Waals surface area contributed by atoms with Gasteiger partial charge in [-0.3, -0.25) is 0 Å². The van der Waals surface area contributed by atoms with Gasteiger partial charge in [-0.15, -0.1) is 0 Å². The van der Waals surface area contributed by atoms with E-state index in [9.17, 15) is 31.1 Å². The first-order valence-corrected chi connectivity index (χ1v) is 11.5. The number of anilines is 1. The topological polar surface area (TPSA) is 78.7 Å². The Balaban J connectivity index is 1.69. The molecule has 2 heterocycles. The number of aromatic nitrogens is 2. The molecule has 172 valence electrons. The molecule has 4 rings (SSSR count). The average Bonchev–Trinajstić information content (AvgIpc) is 3.11. The second-order valence-electron chi connectivity index (χ2n) is 7.79. The number of alkyl halides is 3. The number of benzene rings is 2. The monoisotopic (exact) mass is 472 g/mol. The van der Waals surface area contributed by atoms with Crippen molar-refractivity contribution in [1.29, 1.82) is 0 Å². The molecular formula is C20H20F4N4O3S. The van der Waals surface area contributed by atoms with Crippen molar-refractivity contribution in [2.24, 2.45) is 0 Å². The fourth-order valence-corrected chi connectivity index (χ4v) is 4.84. The largest absolute Gasteiger partial charge is 0.505 e. The molecule has 1 fully saturated rings. The number of nitrogens with zero attached hydrogens (tertiary/aromatic N) is 4. The van der Waals surface area contributed by atoms with Crippen molar-refractivity contribution in [1.82, 2.24) is 14.1 Å². The number of hydrogen-bond donors (Lipinski definition) is 1. The summed E-state index contributed by atoms with van der Waals surface area (Å²) in [6.07, 6.45) is -2.34. The molecule has 2 aromatic carbocycles. The van der Waals surface area contributed by atoms with E-state index in [4.69, 9.17) is 0 Å². The Morgan fingerprint density at radius 3 is 2.47 bits per heavy atom.